The topological polar surface area (TPSA) is 48.4 Å². The number of carbonyl (C=O) groups excluding carboxylic acids is 1. The minimum absolute atomic E-state index is 0.154. The third-order valence-corrected chi connectivity index (χ3v) is 4.05. The van der Waals surface area contributed by atoms with Gasteiger partial charge < -0.3 is 9.47 Å². The molecule has 0 unspecified atom stereocenters. The minimum Gasteiger partial charge on any atom is -0.480 e. The van der Waals surface area contributed by atoms with Gasteiger partial charge in [-0.1, -0.05) is 0 Å². The van der Waals surface area contributed by atoms with E-state index in [2.05, 4.69) is 20.9 Å². The monoisotopic (exact) mass is 387 g/mol. The van der Waals surface area contributed by atoms with Crippen molar-refractivity contribution in [2.75, 3.05) is 18.3 Å². The Morgan fingerprint density at radius 1 is 1.45 bits per heavy atom. The van der Waals surface area contributed by atoms with Crippen LogP contribution in [0.15, 0.2) is 22.8 Å². The molecule has 0 radical (unpaired) electrons. The first-order valence-corrected chi connectivity index (χ1v) is 8.58. The highest BCUT2D eigenvalue weighted by atomic mass is 79.9. The Kier molecular flexibility index (Phi) is 6.02. The Balaban J connectivity index is 2.08. The van der Waals surface area contributed by atoms with E-state index in [1.807, 2.05) is 6.07 Å². The van der Waals surface area contributed by atoms with Crippen molar-refractivity contribution in [1.82, 2.24) is 4.98 Å². The van der Waals surface area contributed by atoms with Gasteiger partial charge in [-0.15, -0.1) is 11.8 Å². The molecule has 4 nitrogen and oxygen atoms in total. The number of rotatable bonds is 6. The number of ether oxygens (including phenoxy) is 2. The molecule has 0 N–H and O–H groups in total. The summed E-state index contributed by atoms with van der Waals surface area (Å²) in [5.74, 6) is -0.239. The lowest BCUT2D eigenvalue weighted by Gasteiger charge is -2.11. The molecule has 0 fully saturated rings. The number of nitrogens with zero attached hydrogens (tertiary/aromatic N) is 1. The molecule has 1 heterocycles. The van der Waals surface area contributed by atoms with Crippen LogP contribution >= 0.6 is 27.7 Å². The van der Waals surface area contributed by atoms with Crippen LogP contribution in [0.3, 0.4) is 0 Å². The van der Waals surface area contributed by atoms with Crippen LogP contribution in [0.4, 0.5) is 4.39 Å². The van der Waals surface area contributed by atoms with E-state index in [0.29, 0.717) is 17.7 Å². The van der Waals surface area contributed by atoms with Crippen molar-refractivity contribution in [2.24, 2.45) is 0 Å². The summed E-state index contributed by atoms with van der Waals surface area (Å²) in [5, 5.41) is 0.790. The zero-order valence-corrected chi connectivity index (χ0v) is 14.6. The second-order valence-corrected chi connectivity index (χ2v) is 6.30. The number of benzene rings is 1. The molecular weight excluding hydrogens is 373 g/mol. The fraction of sp³-hybridized carbons (Fsp3) is 0.333. The molecular formula is C15H15BrFNO3S. The van der Waals surface area contributed by atoms with Crippen molar-refractivity contribution in [1.29, 1.82) is 0 Å². The number of fused-ring (bicyclic) bond motifs is 1. The van der Waals surface area contributed by atoms with E-state index in [4.69, 9.17) is 9.47 Å². The maximum atomic E-state index is 14.3. The second kappa shape index (κ2) is 7.78. The first-order chi connectivity index (χ1) is 10.5. The summed E-state index contributed by atoms with van der Waals surface area (Å²) in [7, 11) is 0. The van der Waals surface area contributed by atoms with Crippen LogP contribution in [0.2, 0.25) is 0 Å². The fourth-order valence-electron chi connectivity index (χ4n) is 1.91. The van der Waals surface area contributed by atoms with E-state index in [1.165, 1.54) is 11.8 Å². The Morgan fingerprint density at radius 3 is 2.95 bits per heavy atom. The predicted octanol–water partition coefficient (Wildman–Crippen LogP) is 4.08. The first-order valence-electron chi connectivity index (χ1n) is 6.63. The second-order valence-electron chi connectivity index (χ2n) is 4.45. The van der Waals surface area contributed by atoms with E-state index in [-0.39, 0.29) is 23.4 Å². The minimum atomic E-state index is -0.431. The number of hydrogen-bond acceptors (Lipinski definition) is 5. The van der Waals surface area contributed by atoms with Crippen LogP contribution in [0, 0.1) is 12.7 Å². The Morgan fingerprint density at radius 2 is 2.23 bits per heavy atom. The number of esters is 1. The van der Waals surface area contributed by atoms with Gasteiger partial charge in [0.15, 0.2) is 11.6 Å². The van der Waals surface area contributed by atoms with Gasteiger partial charge in [0.05, 0.1) is 17.9 Å². The average Bonchev–Trinajstić information content (AvgIpc) is 2.48. The number of carbonyl (C=O) groups is 1. The van der Waals surface area contributed by atoms with Crippen molar-refractivity contribution >= 4 is 44.6 Å². The van der Waals surface area contributed by atoms with Crippen LogP contribution in [0.5, 0.6) is 5.75 Å². The molecule has 0 bridgehead atoms. The van der Waals surface area contributed by atoms with Gasteiger partial charge in [0.2, 0.25) is 0 Å². The van der Waals surface area contributed by atoms with E-state index < -0.39 is 5.82 Å². The highest BCUT2D eigenvalue weighted by Crippen LogP contribution is 2.30. The van der Waals surface area contributed by atoms with E-state index in [9.17, 15) is 9.18 Å². The Bertz CT molecular complexity index is 696. The lowest BCUT2D eigenvalue weighted by atomic mass is 10.1. The Labute approximate surface area is 140 Å². The summed E-state index contributed by atoms with van der Waals surface area (Å²) < 4.78 is 25.3. The van der Waals surface area contributed by atoms with Crippen molar-refractivity contribution in [3.8, 4) is 5.75 Å². The molecule has 118 valence electrons. The Hall–Kier alpha value is -1.34. The van der Waals surface area contributed by atoms with Crippen LogP contribution in [-0.4, -0.2) is 29.3 Å². The van der Waals surface area contributed by atoms with Gasteiger partial charge in [-0.05, 0) is 41.9 Å². The van der Waals surface area contributed by atoms with Gasteiger partial charge in [-0.25, -0.2) is 4.39 Å². The lowest BCUT2D eigenvalue weighted by molar-refractivity contribution is -0.139. The van der Waals surface area contributed by atoms with Crippen LogP contribution in [0.25, 0.3) is 10.9 Å². The molecule has 0 saturated heterocycles. The zero-order chi connectivity index (χ0) is 16.1. The molecule has 7 heteroatoms. The highest BCUT2D eigenvalue weighted by Gasteiger charge is 2.13. The van der Waals surface area contributed by atoms with Gasteiger partial charge in [0.25, 0.3) is 0 Å². The van der Waals surface area contributed by atoms with E-state index >= 15 is 0 Å². The molecule has 0 amide bonds. The van der Waals surface area contributed by atoms with E-state index in [0.717, 1.165) is 9.86 Å². The first kappa shape index (κ1) is 17.0. The van der Waals surface area contributed by atoms with Gasteiger partial charge >= 0.3 is 5.97 Å². The van der Waals surface area contributed by atoms with E-state index in [1.54, 1.807) is 26.1 Å². The van der Waals surface area contributed by atoms with Gasteiger partial charge in [0, 0.05) is 21.6 Å². The third kappa shape index (κ3) is 4.10. The third-order valence-electron chi connectivity index (χ3n) is 2.89. The van der Waals surface area contributed by atoms with Crippen molar-refractivity contribution < 1.29 is 18.7 Å². The molecule has 22 heavy (non-hydrogen) atoms. The van der Waals surface area contributed by atoms with Crippen LogP contribution < -0.4 is 4.74 Å². The molecule has 0 saturated carbocycles. The quantitative estimate of drug-likeness (QED) is 0.424. The molecule has 0 aliphatic heterocycles. The molecule has 2 aromatic rings. The van der Waals surface area contributed by atoms with Crippen molar-refractivity contribution in [3.63, 3.8) is 0 Å². The zero-order valence-electron chi connectivity index (χ0n) is 12.2. The standard InChI is InChI=1S/C15H15BrFNO3S/c1-3-20-13(19)7-22-8-21-12-5-10-4-11(16)6-18-15(10)9(2)14(12)17/h4-6H,3,7-8H2,1-2H3. The number of halogens is 2. The maximum absolute atomic E-state index is 14.3. The molecule has 0 spiro atoms. The van der Waals surface area contributed by atoms with Crippen LogP contribution in [-0.2, 0) is 9.53 Å². The molecule has 0 atom stereocenters. The molecule has 0 aliphatic carbocycles. The summed E-state index contributed by atoms with van der Waals surface area (Å²) in [6, 6.07) is 3.47. The number of thioether (sulfide) groups is 1. The number of aromatic nitrogens is 1. The summed E-state index contributed by atoms with van der Waals surface area (Å²) in [6.45, 7) is 3.76. The summed E-state index contributed by atoms with van der Waals surface area (Å²) in [6.07, 6.45) is 1.63. The smallest absolute Gasteiger partial charge is 0.316 e. The fourth-order valence-corrected chi connectivity index (χ4v) is 2.80. The number of aryl methyl sites for hydroxylation is 1. The lowest BCUT2D eigenvalue weighted by Crippen LogP contribution is -2.08. The predicted molar refractivity (Wildman–Crippen MR) is 88.7 cm³/mol. The van der Waals surface area contributed by atoms with Gasteiger partial charge in [0.1, 0.15) is 5.94 Å². The number of pyridine rings is 1. The largest absolute Gasteiger partial charge is 0.480 e. The highest BCUT2D eigenvalue weighted by molar-refractivity contribution is 9.10. The summed E-state index contributed by atoms with van der Waals surface area (Å²) in [4.78, 5) is 15.4. The SMILES string of the molecule is CCOC(=O)CSCOc1cc2cc(Br)cnc2c(C)c1F. The number of hydrogen-bond donors (Lipinski definition) is 0. The maximum Gasteiger partial charge on any atom is 0.316 e. The van der Waals surface area contributed by atoms with Gasteiger partial charge in [-0.2, -0.15) is 0 Å². The summed E-state index contributed by atoms with van der Waals surface area (Å²) in [5.41, 5.74) is 1.04. The van der Waals surface area contributed by atoms with Crippen LogP contribution in [0.1, 0.15) is 12.5 Å². The molecule has 1 aromatic heterocycles. The van der Waals surface area contributed by atoms with Crippen molar-refractivity contribution in [2.45, 2.75) is 13.8 Å². The molecule has 1 aromatic carbocycles. The van der Waals surface area contributed by atoms with Gasteiger partial charge in [-0.3, -0.25) is 9.78 Å². The summed E-state index contributed by atoms with van der Waals surface area (Å²) >= 11 is 4.57. The average molecular weight is 388 g/mol. The van der Waals surface area contributed by atoms with Crippen molar-refractivity contribution in [3.05, 3.63) is 34.2 Å². The normalized spacial score (nSPS) is 10.7. The molecule has 0 aliphatic rings. The molecule has 2 rings (SSSR count).